The normalized spacial score (nSPS) is 15.2. The molecule has 0 aliphatic carbocycles. The Morgan fingerprint density at radius 1 is 1.41 bits per heavy atom. The van der Waals surface area contributed by atoms with E-state index in [4.69, 9.17) is 0 Å². The van der Waals surface area contributed by atoms with Crippen LogP contribution in [-0.4, -0.2) is 21.5 Å². The summed E-state index contributed by atoms with van der Waals surface area (Å²) in [5.74, 6) is 0.456. The van der Waals surface area contributed by atoms with Gasteiger partial charge in [-0.2, -0.15) is 5.10 Å². The Kier molecular flexibility index (Phi) is 4.75. The molecular formula is C14H26N2O. The number of aromatic nitrogens is 2. The fourth-order valence-electron chi connectivity index (χ4n) is 1.96. The van der Waals surface area contributed by atoms with Crippen molar-refractivity contribution < 1.29 is 5.11 Å². The zero-order valence-electron chi connectivity index (χ0n) is 11.8. The number of aliphatic hydroxyl groups excluding tert-OH is 1. The standard InChI is InChI=1S/C14H26N2O/c1-6-12-8-13(16(7-2)15-12)9-14(5,10-17)11(3)4/h8,11,17H,6-7,9-10H2,1-5H3. The van der Waals surface area contributed by atoms with Gasteiger partial charge in [0.15, 0.2) is 0 Å². The maximum atomic E-state index is 9.61. The van der Waals surface area contributed by atoms with Crippen LogP contribution in [0, 0.1) is 11.3 Å². The summed E-state index contributed by atoms with van der Waals surface area (Å²) in [7, 11) is 0. The van der Waals surface area contributed by atoms with Gasteiger partial charge in [0.2, 0.25) is 0 Å². The summed E-state index contributed by atoms with van der Waals surface area (Å²) in [5.41, 5.74) is 2.33. The first-order chi connectivity index (χ1) is 7.96. The molecule has 0 amide bonds. The third-order valence-electron chi connectivity index (χ3n) is 3.92. The Morgan fingerprint density at radius 2 is 2.06 bits per heavy atom. The molecule has 1 N–H and O–H groups in total. The molecular weight excluding hydrogens is 212 g/mol. The molecule has 0 fully saturated rings. The number of hydrogen-bond donors (Lipinski definition) is 1. The van der Waals surface area contributed by atoms with Gasteiger partial charge in [-0.25, -0.2) is 0 Å². The minimum absolute atomic E-state index is 0.0576. The lowest BCUT2D eigenvalue weighted by Gasteiger charge is -2.31. The predicted molar refractivity (Wildman–Crippen MR) is 71.0 cm³/mol. The quantitative estimate of drug-likeness (QED) is 0.827. The molecule has 0 radical (unpaired) electrons. The molecule has 0 aliphatic heterocycles. The second-order valence-electron chi connectivity index (χ2n) is 5.44. The van der Waals surface area contributed by atoms with Gasteiger partial charge < -0.3 is 5.11 Å². The molecule has 0 spiro atoms. The zero-order valence-corrected chi connectivity index (χ0v) is 11.8. The van der Waals surface area contributed by atoms with Crippen LogP contribution in [0.2, 0.25) is 0 Å². The summed E-state index contributed by atoms with van der Waals surface area (Å²) in [6.45, 7) is 11.8. The van der Waals surface area contributed by atoms with Crippen molar-refractivity contribution in [1.29, 1.82) is 0 Å². The molecule has 0 saturated carbocycles. The molecule has 1 heterocycles. The van der Waals surface area contributed by atoms with E-state index in [-0.39, 0.29) is 12.0 Å². The Hall–Kier alpha value is -0.830. The van der Waals surface area contributed by atoms with Crippen molar-refractivity contribution in [3.63, 3.8) is 0 Å². The average Bonchev–Trinajstić information content (AvgIpc) is 2.70. The minimum Gasteiger partial charge on any atom is -0.396 e. The molecule has 3 nitrogen and oxygen atoms in total. The highest BCUT2D eigenvalue weighted by Gasteiger charge is 2.29. The molecule has 0 aromatic carbocycles. The topological polar surface area (TPSA) is 38.0 Å². The van der Waals surface area contributed by atoms with Crippen molar-refractivity contribution in [1.82, 2.24) is 9.78 Å². The number of nitrogens with zero attached hydrogens (tertiary/aromatic N) is 2. The van der Waals surface area contributed by atoms with E-state index in [2.05, 4.69) is 50.5 Å². The molecule has 1 rings (SSSR count). The van der Waals surface area contributed by atoms with Gasteiger partial charge in [0, 0.05) is 18.8 Å². The number of rotatable bonds is 6. The van der Waals surface area contributed by atoms with Crippen molar-refractivity contribution >= 4 is 0 Å². The van der Waals surface area contributed by atoms with Gasteiger partial charge in [-0.05, 0) is 37.2 Å². The van der Waals surface area contributed by atoms with Crippen LogP contribution in [0.1, 0.15) is 46.0 Å². The van der Waals surface area contributed by atoms with E-state index in [1.165, 1.54) is 5.69 Å². The maximum absolute atomic E-state index is 9.61. The van der Waals surface area contributed by atoms with Crippen LogP contribution in [0.25, 0.3) is 0 Å². The molecule has 17 heavy (non-hydrogen) atoms. The van der Waals surface area contributed by atoms with Crippen LogP contribution >= 0.6 is 0 Å². The molecule has 98 valence electrons. The van der Waals surface area contributed by atoms with E-state index in [9.17, 15) is 5.11 Å². The van der Waals surface area contributed by atoms with Crippen molar-refractivity contribution in [2.75, 3.05) is 6.61 Å². The van der Waals surface area contributed by atoms with Gasteiger partial charge in [0.25, 0.3) is 0 Å². The van der Waals surface area contributed by atoms with Crippen LogP contribution in [0.4, 0.5) is 0 Å². The van der Waals surface area contributed by atoms with Crippen molar-refractivity contribution in [3.8, 4) is 0 Å². The minimum atomic E-state index is -0.0576. The largest absolute Gasteiger partial charge is 0.396 e. The summed E-state index contributed by atoms with van der Waals surface area (Å²) in [6.07, 6.45) is 1.86. The smallest absolute Gasteiger partial charge is 0.0624 e. The SMILES string of the molecule is CCc1cc(CC(C)(CO)C(C)C)n(CC)n1. The van der Waals surface area contributed by atoms with E-state index in [1.54, 1.807) is 0 Å². The van der Waals surface area contributed by atoms with Gasteiger partial charge in [0.1, 0.15) is 0 Å². The molecule has 1 unspecified atom stereocenters. The van der Waals surface area contributed by atoms with Crippen LogP contribution in [0.15, 0.2) is 6.07 Å². The van der Waals surface area contributed by atoms with E-state index in [0.717, 1.165) is 25.1 Å². The fraction of sp³-hybridized carbons (Fsp3) is 0.786. The van der Waals surface area contributed by atoms with Crippen LogP contribution in [-0.2, 0) is 19.4 Å². The van der Waals surface area contributed by atoms with Crippen molar-refractivity contribution in [2.45, 2.75) is 54.0 Å². The number of aliphatic hydroxyl groups is 1. The second kappa shape index (κ2) is 5.67. The fourth-order valence-corrected chi connectivity index (χ4v) is 1.96. The molecule has 0 bridgehead atoms. The first-order valence-electron chi connectivity index (χ1n) is 6.63. The summed E-state index contributed by atoms with van der Waals surface area (Å²) in [6, 6.07) is 2.18. The summed E-state index contributed by atoms with van der Waals surface area (Å²) in [4.78, 5) is 0. The first-order valence-corrected chi connectivity index (χ1v) is 6.63. The second-order valence-corrected chi connectivity index (χ2v) is 5.44. The predicted octanol–water partition coefficient (Wildman–Crippen LogP) is 2.66. The highest BCUT2D eigenvalue weighted by molar-refractivity contribution is 5.12. The van der Waals surface area contributed by atoms with Gasteiger partial charge in [-0.3, -0.25) is 4.68 Å². The summed E-state index contributed by atoms with van der Waals surface area (Å²) < 4.78 is 2.06. The van der Waals surface area contributed by atoms with Crippen molar-refractivity contribution in [3.05, 3.63) is 17.5 Å². The van der Waals surface area contributed by atoms with E-state index >= 15 is 0 Å². The van der Waals surface area contributed by atoms with Crippen molar-refractivity contribution in [2.24, 2.45) is 11.3 Å². The zero-order chi connectivity index (χ0) is 13.1. The lowest BCUT2D eigenvalue weighted by atomic mass is 9.76. The average molecular weight is 238 g/mol. The number of hydrogen-bond acceptors (Lipinski definition) is 2. The lowest BCUT2D eigenvalue weighted by molar-refractivity contribution is 0.0925. The van der Waals surface area contributed by atoms with E-state index in [0.29, 0.717) is 5.92 Å². The summed E-state index contributed by atoms with van der Waals surface area (Å²) in [5, 5.41) is 14.2. The van der Waals surface area contributed by atoms with E-state index in [1.807, 2.05) is 0 Å². The molecule has 3 heteroatoms. The monoisotopic (exact) mass is 238 g/mol. The van der Waals surface area contributed by atoms with Gasteiger partial charge in [-0.1, -0.05) is 27.7 Å². The molecule has 1 atom stereocenters. The molecule has 0 aliphatic rings. The number of aryl methyl sites for hydroxylation is 2. The maximum Gasteiger partial charge on any atom is 0.0624 e. The van der Waals surface area contributed by atoms with Gasteiger partial charge in [-0.15, -0.1) is 0 Å². The van der Waals surface area contributed by atoms with Gasteiger partial charge >= 0.3 is 0 Å². The summed E-state index contributed by atoms with van der Waals surface area (Å²) >= 11 is 0. The van der Waals surface area contributed by atoms with Crippen LogP contribution < -0.4 is 0 Å². The van der Waals surface area contributed by atoms with Gasteiger partial charge in [0.05, 0.1) is 5.69 Å². The Bertz CT molecular complexity index is 357. The molecule has 0 saturated heterocycles. The Labute approximate surface area is 105 Å². The molecule has 1 aromatic heterocycles. The Morgan fingerprint density at radius 3 is 2.47 bits per heavy atom. The van der Waals surface area contributed by atoms with Crippen LogP contribution in [0.3, 0.4) is 0 Å². The highest BCUT2D eigenvalue weighted by Crippen LogP contribution is 2.31. The van der Waals surface area contributed by atoms with Crippen LogP contribution in [0.5, 0.6) is 0 Å². The molecule has 1 aromatic rings. The Balaban J connectivity index is 2.96. The first kappa shape index (κ1) is 14.2. The third-order valence-corrected chi connectivity index (χ3v) is 3.92. The third kappa shape index (κ3) is 3.09. The van der Waals surface area contributed by atoms with E-state index < -0.39 is 0 Å². The highest BCUT2D eigenvalue weighted by atomic mass is 16.3. The lowest BCUT2D eigenvalue weighted by Crippen LogP contribution is -2.31.